The van der Waals surface area contributed by atoms with Crippen LogP contribution in [-0.2, 0) is 4.74 Å². The second kappa shape index (κ2) is 5.07. The lowest BCUT2D eigenvalue weighted by molar-refractivity contribution is -0.277. The Morgan fingerprint density at radius 2 is 2.38 bits per heavy atom. The molecule has 0 aromatic heterocycles. The summed E-state index contributed by atoms with van der Waals surface area (Å²) < 4.78 is 5.41. The van der Waals surface area contributed by atoms with Gasteiger partial charge in [-0.25, -0.2) is 0 Å². The number of ether oxygens (including phenoxy) is 1. The number of amides is 1. The van der Waals surface area contributed by atoms with Crippen molar-refractivity contribution in [3.8, 4) is 0 Å². The molecule has 1 fully saturated rings. The van der Waals surface area contributed by atoms with Crippen molar-refractivity contribution in [2.24, 2.45) is 0 Å². The normalized spacial score (nSPS) is 23.2. The van der Waals surface area contributed by atoms with Crippen LogP contribution in [0.5, 0.6) is 0 Å². The molecule has 1 saturated heterocycles. The van der Waals surface area contributed by atoms with Crippen molar-refractivity contribution in [3.63, 3.8) is 0 Å². The lowest BCUT2D eigenvalue weighted by Crippen LogP contribution is -2.50. The summed E-state index contributed by atoms with van der Waals surface area (Å²) in [5.74, 6) is 0. The fourth-order valence-corrected chi connectivity index (χ4v) is 1.54. The van der Waals surface area contributed by atoms with Crippen molar-refractivity contribution in [1.82, 2.24) is 4.90 Å². The first kappa shape index (κ1) is 10.3. The zero-order chi connectivity index (χ0) is 9.68. The van der Waals surface area contributed by atoms with E-state index in [2.05, 4.69) is 0 Å². The Morgan fingerprint density at radius 1 is 1.62 bits per heavy atom. The molecule has 0 aliphatic carbocycles. The van der Waals surface area contributed by atoms with Gasteiger partial charge in [0.05, 0.1) is 0 Å². The Balaban J connectivity index is 2.41. The number of hydrogen-bond acceptors (Lipinski definition) is 3. The molecular formula is C9H16NO3-. The van der Waals surface area contributed by atoms with Crippen LogP contribution in [0.25, 0.3) is 0 Å². The average Bonchev–Trinajstić information content (AvgIpc) is 2.15. The van der Waals surface area contributed by atoms with E-state index < -0.39 is 6.09 Å². The van der Waals surface area contributed by atoms with E-state index in [0.717, 1.165) is 25.7 Å². The minimum atomic E-state index is -1.11. The molecule has 1 aliphatic heterocycles. The first-order chi connectivity index (χ1) is 6.25. The highest BCUT2D eigenvalue weighted by Crippen LogP contribution is 2.17. The van der Waals surface area contributed by atoms with Crippen LogP contribution in [0.2, 0.25) is 0 Å². The van der Waals surface area contributed by atoms with Crippen LogP contribution in [0.1, 0.15) is 32.6 Å². The molecule has 0 saturated carbocycles. The SMILES string of the molecule is CCCOC1CCCCN1C(=O)[O-]. The Labute approximate surface area is 78.5 Å². The third kappa shape index (κ3) is 2.88. The van der Waals surface area contributed by atoms with E-state index in [0.29, 0.717) is 13.2 Å². The minimum absolute atomic E-state index is 0.265. The van der Waals surface area contributed by atoms with Crippen LogP contribution in [-0.4, -0.2) is 30.4 Å². The van der Waals surface area contributed by atoms with E-state index in [1.165, 1.54) is 4.90 Å². The molecule has 1 rings (SSSR count). The molecule has 1 atom stereocenters. The van der Waals surface area contributed by atoms with Gasteiger partial charge in [0.1, 0.15) is 12.3 Å². The minimum Gasteiger partial charge on any atom is -0.530 e. The summed E-state index contributed by atoms with van der Waals surface area (Å²) in [6, 6.07) is 0. The van der Waals surface area contributed by atoms with Crippen molar-refractivity contribution in [1.29, 1.82) is 0 Å². The first-order valence-electron chi connectivity index (χ1n) is 4.85. The zero-order valence-electron chi connectivity index (χ0n) is 7.99. The quantitative estimate of drug-likeness (QED) is 0.647. The Bertz CT molecular complexity index is 172. The number of nitrogens with zero attached hydrogens (tertiary/aromatic N) is 1. The first-order valence-corrected chi connectivity index (χ1v) is 4.85. The molecule has 1 aliphatic rings. The molecule has 0 spiro atoms. The molecule has 0 N–H and O–H groups in total. The highest BCUT2D eigenvalue weighted by Gasteiger charge is 2.22. The van der Waals surface area contributed by atoms with Gasteiger partial charge in [0, 0.05) is 13.2 Å². The van der Waals surface area contributed by atoms with E-state index in [-0.39, 0.29) is 6.23 Å². The topological polar surface area (TPSA) is 52.6 Å². The third-order valence-corrected chi connectivity index (χ3v) is 2.20. The number of rotatable bonds is 3. The summed E-state index contributed by atoms with van der Waals surface area (Å²) in [7, 11) is 0. The van der Waals surface area contributed by atoms with Gasteiger partial charge in [-0.15, -0.1) is 0 Å². The Hall–Kier alpha value is -0.770. The van der Waals surface area contributed by atoms with Crippen LogP contribution in [0.15, 0.2) is 0 Å². The van der Waals surface area contributed by atoms with Crippen LogP contribution in [0.4, 0.5) is 4.79 Å². The van der Waals surface area contributed by atoms with Crippen LogP contribution >= 0.6 is 0 Å². The van der Waals surface area contributed by atoms with Crippen molar-refractivity contribution in [3.05, 3.63) is 0 Å². The number of piperidine rings is 1. The van der Waals surface area contributed by atoms with E-state index in [9.17, 15) is 9.90 Å². The monoisotopic (exact) mass is 186 g/mol. The molecule has 0 aromatic carbocycles. The highest BCUT2D eigenvalue weighted by molar-refractivity contribution is 5.62. The second-order valence-electron chi connectivity index (χ2n) is 3.28. The molecule has 13 heavy (non-hydrogen) atoms. The van der Waals surface area contributed by atoms with Gasteiger partial charge >= 0.3 is 0 Å². The maximum absolute atomic E-state index is 10.7. The van der Waals surface area contributed by atoms with Gasteiger partial charge in [0.25, 0.3) is 0 Å². The lowest BCUT2D eigenvalue weighted by Gasteiger charge is -2.37. The van der Waals surface area contributed by atoms with Gasteiger partial charge in [-0.05, 0) is 25.7 Å². The molecule has 1 unspecified atom stereocenters. The van der Waals surface area contributed by atoms with E-state index >= 15 is 0 Å². The summed E-state index contributed by atoms with van der Waals surface area (Å²) in [4.78, 5) is 12.0. The molecule has 76 valence electrons. The molecule has 0 aromatic rings. The van der Waals surface area contributed by atoms with E-state index in [4.69, 9.17) is 4.74 Å². The summed E-state index contributed by atoms with van der Waals surface area (Å²) in [5, 5.41) is 10.7. The molecule has 1 heterocycles. The fourth-order valence-electron chi connectivity index (χ4n) is 1.54. The molecule has 0 bridgehead atoms. The van der Waals surface area contributed by atoms with E-state index in [1.807, 2.05) is 6.92 Å². The summed E-state index contributed by atoms with van der Waals surface area (Å²) in [6.07, 6.45) is 2.29. The summed E-state index contributed by atoms with van der Waals surface area (Å²) in [6.45, 7) is 3.18. The molecular weight excluding hydrogens is 170 g/mol. The standard InChI is InChI=1S/C9H17NO3/c1-2-7-13-8-5-3-4-6-10(8)9(11)12/h8H,2-7H2,1H3,(H,11,12)/p-1. The van der Waals surface area contributed by atoms with Gasteiger partial charge in [-0.3, -0.25) is 0 Å². The lowest BCUT2D eigenvalue weighted by atomic mass is 10.1. The van der Waals surface area contributed by atoms with Crippen LogP contribution in [0, 0.1) is 0 Å². The third-order valence-electron chi connectivity index (χ3n) is 2.20. The average molecular weight is 186 g/mol. The number of carboxylic acid groups (broad SMARTS) is 1. The predicted octanol–water partition coefficient (Wildman–Crippen LogP) is 0.568. The maximum Gasteiger partial charge on any atom is 0.139 e. The van der Waals surface area contributed by atoms with Gasteiger partial charge in [0.15, 0.2) is 0 Å². The highest BCUT2D eigenvalue weighted by atomic mass is 16.5. The fraction of sp³-hybridized carbons (Fsp3) is 0.889. The molecule has 1 amide bonds. The number of likely N-dealkylation sites (tertiary alicyclic amines) is 1. The van der Waals surface area contributed by atoms with Gasteiger partial charge in [0.2, 0.25) is 0 Å². The van der Waals surface area contributed by atoms with Crippen LogP contribution in [0.3, 0.4) is 0 Å². The van der Waals surface area contributed by atoms with Gasteiger partial charge in [-0.1, -0.05) is 6.92 Å². The smallest absolute Gasteiger partial charge is 0.139 e. The zero-order valence-corrected chi connectivity index (χ0v) is 7.99. The predicted molar refractivity (Wildman–Crippen MR) is 46.0 cm³/mol. The van der Waals surface area contributed by atoms with Crippen molar-refractivity contribution in [2.75, 3.05) is 13.2 Å². The van der Waals surface area contributed by atoms with Crippen LogP contribution < -0.4 is 5.11 Å². The van der Waals surface area contributed by atoms with Crippen molar-refractivity contribution in [2.45, 2.75) is 38.8 Å². The van der Waals surface area contributed by atoms with Crippen molar-refractivity contribution >= 4 is 6.09 Å². The molecule has 4 nitrogen and oxygen atoms in total. The maximum atomic E-state index is 10.7. The molecule has 4 heteroatoms. The summed E-state index contributed by atoms with van der Waals surface area (Å²) >= 11 is 0. The van der Waals surface area contributed by atoms with Crippen molar-refractivity contribution < 1.29 is 14.6 Å². The van der Waals surface area contributed by atoms with Gasteiger partial charge in [-0.2, -0.15) is 0 Å². The Morgan fingerprint density at radius 3 is 3.00 bits per heavy atom. The summed E-state index contributed by atoms with van der Waals surface area (Å²) in [5.41, 5.74) is 0. The Kier molecular flexibility index (Phi) is 4.02. The van der Waals surface area contributed by atoms with Gasteiger partial charge < -0.3 is 19.5 Å². The number of carbonyl (C=O) groups is 1. The number of carbonyl (C=O) groups excluding carboxylic acids is 1. The number of hydrogen-bond donors (Lipinski definition) is 0. The molecule has 0 radical (unpaired) electrons. The van der Waals surface area contributed by atoms with E-state index in [1.54, 1.807) is 0 Å². The second-order valence-corrected chi connectivity index (χ2v) is 3.28. The largest absolute Gasteiger partial charge is 0.530 e.